The summed E-state index contributed by atoms with van der Waals surface area (Å²) in [6, 6.07) is 7.87. The lowest BCUT2D eigenvalue weighted by Gasteiger charge is -2.05. The Morgan fingerprint density at radius 2 is 2.12 bits per heavy atom. The molecule has 0 aliphatic heterocycles. The smallest absolute Gasteiger partial charge is 0.280 e. The average molecular weight is 337 g/mol. The Kier molecular flexibility index (Phi) is 3.24. The highest BCUT2D eigenvalue weighted by Crippen LogP contribution is 2.31. The number of nitrogens with two attached hydrogens (primary N) is 1. The molecule has 0 saturated heterocycles. The molecule has 6 nitrogen and oxygen atoms in total. The van der Waals surface area contributed by atoms with Gasteiger partial charge in [0, 0.05) is 29.1 Å². The first-order valence-corrected chi connectivity index (χ1v) is 8.21. The number of rotatable bonds is 2. The molecule has 0 saturated carbocycles. The molecule has 0 aliphatic rings. The van der Waals surface area contributed by atoms with Gasteiger partial charge in [0.2, 0.25) is 0 Å². The summed E-state index contributed by atoms with van der Waals surface area (Å²) >= 11 is 1.48. The molecule has 0 radical (unpaired) electrons. The lowest BCUT2D eigenvalue weighted by molar-refractivity contribution is 0.0957. The fourth-order valence-corrected chi connectivity index (χ4v) is 3.55. The van der Waals surface area contributed by atoms with Crippen molar-refractivity contribution in [3.05, 3.63) is 53.6 Å². The summed E-state index contributed by atoms with van der Waals surface area (Å²) in [5.74, 6) is -0.105. The second-order valence-electron chi connectivity index (χ2n) is 5.61. The molecule has 120 valence electrons. The van der Waals surface area contributed by atoms with Crippen LogP contribution >= 0.6 is 11.3 Å². The number of nitrogens with zero attached hydrogens (tertiary/aromatic N) is 4. The van der Waals surface area contributed by atoms with E-state index in [1.165, 1.54) is 11.3 Å². The summed E-state index contributed by atoms with van der Waals surface area (Å²) in [6.07, 6.45) is 4.97. The number of thiazole rings is 1. The highest BCUT2D eigenvalue weighted by atomic mass is 32.1. The van der Waals surface area contributed by atoms with Crippen molar-refractivity contribution in [2.45, 2.75) is 6.92 Å². The molecule has 4 rings (SSSR count). The average Bonchev–Trinajstić information content (AvgIpc) is 3.24. The van der Waals surface area contributed by atoms with Crippen molar-refractivity contribution in [3.63, 3.8) is 0 Å². The molecule has 0 amide bonds. The van der Waals surface area contributed by atoms with E-state index in [4.69, 9.17) is 5.73 Å². The first-order valence-electron chi connectivity index (χ1n) is 7.40. The number of benzene rings is 1. The zero-order chi connectivity index (χ0) is 16.8. The van der Waals surface area contributed by atoms with Crippen LogP contribution < -0.4 is 5.73 Å². The van der Waals surface area contributed by atoms with Gasteiger partial charge in [0.15, 0.2) is 5.13 Å². The number of aromatic nitrogens is 4. The van der Waals surface area contributed by atoms with Crippen molar-refractivity contribution >= 4 is 33.3 Å². The number of carbonyl (C=O) groups is 1. The van der Waals surface area contributed by atoms with E-state index in [9.17, 15) is 4.79 Å². The monoisotopic (exact) mass is 337 g/mol. The first-order chi connectivity index (χ1) is 11.5. The van der Waals surface area contributed by atoms with Gasteiger partial charge in [0.05, 0.1) is 23.7 Å². The molecule has 4 aromatic rings. The molecule has 24 heavy (non-hydrogen) atoms. The maximum atomic E-state index is 12.7. The second-order valence-corrected chi connectivity index (χ2v) is 6.85. The van der Waals surface area contributed by atoms with Crippen LogP contribution in [0, 0.1) is 6.92 Å². The lowest BCUT2D eigenvalue weighted by Crippen LogP contribution is -2.14. The van der Waals surface area contributed by atoms with Crippen molar-refractivity contribution in [1.29, 1.82) is 0 Å². The minimum Gasteiger partial charge on any atom is -0.375 e. The summed E-state index contributed by atoms with van der Waals surface area (Å²) in [7, 11) is 1.81. The molecule has 3 aromatic heterocycles. The van der Waals surface area contributed by atoms with Gasteiger partial charge in [-0.1, -0.05) is 6.07 Å². The predicted molar refractivity (Wildman–Crippen MR) is 95.1 cm³/mol. The number of imidazole rings is 1. The standard InChI is InChI=1S/C17H15N5OS/c1-10-15(20-17(18)24-10)12-3-4-13-11(7-12)5-6-22(13)16(23)14-8-19-9-21(14)2/h3-9H,1-2H3,(H2,18,20). The van der Waals surface area contributed by atoms with Crippen molar-refractivity contribution < 1.29 is 4.79 Å². The van der Waals surface area contributed by atoms with Crippen molar-refractivity contribution in [1.82, 2.24) is 19.1 Å². The highest BCUT2D eigenvalue weighted by Gasteiger charge is 2.16. The molecule has 0 fully saturated rings. The van der Waals surface area contributed by atoms with Crippen molar-refractivity contribution in [3.8, 4) is 11.3 Å². The first kappa shape index (κ1) is 14.6. The summed E-state index contributed by atoms with van der Waals surface area (Å²) < 4.78 is 3.35. The van der Waals surface area contributed by atoms with Crippen LogP contribution in [0.2, 0.25) is 0 Å². The van der Waals surface area contributed by atoms with E-state index < -0.39 is 0 Å². The fraction of sp³-hybridized carbons (Fsp3) is 0.118. The number of anilines is 1. The number of carbonyl (C=O) groups excluding carboxylic acids is 1. The zero-order valence-corrected chi connectivity index (χ0v) is 14.0. The molecule has 7 heteroatoms. The Morgan fingerprint density at radius 3 is 2.79 bits per heavy atom. The fourth-order valence-electron chi connectivity index (χ4n) is 2.84. The molecule has 2 N–H and O–H groups in total. The number of nitrogen functional groups attached to an aromatic ring is 1. The number of hydrogen-bond acceptors (Lipinski definition) is 5. The Balaban J connectivity index is 1.80. The molecule has 3 heterocycles. The van der Waals surface area contributed by atoms with Crippen LogP contribution in [0.25, 0.3) is 22.2 Å². The van der Waals surface area contributed by atoms with Gasteiger partial charge in [-0.3, -0.25) is 9.36 Å². The van der Waals surface area contributed by atoms with E-state index >= 15 is 0 Å². The topological polar surface area (TPSA) is 78.7 Å². The summed E-state index contributed by atoms with van der Waals surface area (Å²) in [5, 5.41) is 1.54. The Hall–Kier alpha value is -2.93. The van der Waals surface area contributed by atoms with Gasteiger partial charge in [0.1, 0.15) is 5.69 Å². The molecular formula is C17H15N5OS. The van der Waals surface area contributed by atoms with E-state index in [1.807, 2.05) is 31.2 Å². The van der Waals surface area contributed by atoms with Gasteiger partial charge < -0.3 is 10.3 Å². The maximum Gasteiger partial charge on any atom is 0.280 e. The number of hydrogen-bond donors (Lipinski definition) is 1. The molecular weight excluding hydrogens is 322 g/mol. The second kappa shape index (κ2) is 5.31. The van der Waals surface area contributed by atoms with Crippen molar-refractivity contribution in [2.75, 3.05) is 5.73 Å². The quantitative estimate of drug-likeness (QED) is 0.610. The van der Waals surface area contributed by atoms with Crippen molar-refractivity contribution in [2.24, 2.45) is 7.05 Å². The normalized spacial score (nSPS) is 11.2. The number of fused-ring (bicyclic) bond motifs is 1. The lowest BCUT2D eigenvalue weighted by atomic mass is 10.1. The van der Waals surface area contributed by atoms with Crippen LogP contribution in [0.5, 0.6) is 0 Å². The maximum absolute atomic E-state index is 12.7. The Bertz CT molecular complexity index is 1070. The predicted octanol–water partition coefficient (Wildman–Crippen LogP) is 3.08. The minimum absolute atomic E-state index is 0.105. The van der Waals surface area contributed by atoms with E-state index in [-0.39, 0.29) is 5.91 Å². The van der Waals surface area contributed by atoms with Gasteiger partial charge in [0.25, 0.3) is 5.91 Å². The Morgan fingerprint density at radius 1 is 1.29 bits per heavy atom. The van der Waals surface area contributed by atoms with Crippen LogP contribution in [-0.4, -0.2) is 25.0 Å². The summed E-state index contributed by atoms with van der Waals surface area (Å²) in [4.78, 5) is 22.2. The highest BCUT2D eigenvalue weighted by molar-refractivity contribution is 7.15. The van der Waals surface area contributed by atoms with E-state index in [2.05, 4.69) is 9.97 Å². The van der Waals surface area contributed by atoms with Crippen LogP contribution in [0.1, 0.15) is 15.4 Å². The van der Waals surface area contributed by atoms with Crippen LogP contribution in [0.4, 0.5) is 5.13 Å². The van der Waals surface area contributed by atoms with E-state index in [0.717, 1.165) is 27.0 Å². The van der Waals surface area contributed by atoms with E-state index in [0.29, 0.717) is 10.8 Å². The minimum atomic E-state index is -0.105. The van der Waals surface area contributed by atoms with Crippen LogP contribution in [0.15, 0.2) is 43.0 Å². The van der Waals surface area contributed by atoms with Gasteiger partial charge in [-0.05, 0) is 25.1 Å². The molecule has 0 spiro atoms. The summed E-state index contributed by atoms with van der Waals surface area (Å²) in [6.45, 7) is 2.00. The third-order valence-electron chi connectivity index (χ3n) is 4.03. The summed E-state index contributed by atoms with van der Waals surface area (Å²) in [5.41, 5.74) is 9.08. The SMILES string of the molecule is Cc1sc(N)nc1-c1ccc2c(ccn2C(=O)c2cncn2C)c1. The Labute approximate surface area is 142 Å². The van der Waals surface area contributed by atoms with Gasteiger partial charge in [-0.2, -0.15) is 0 Å². The van der Waals surface area contributed by atoms with Gasteiger partial charge in [-0.25, -0.2) is 9.97 Å². The number of aryl methyl sites for hydroxylation is 2. The van der Waals surface area contributed by atoms with Crippen LogP contribution in [0.3, 0.4) is 0 Å². The molecule has 1 aromatic carbocycles. The largest absolute Gasteiger partial charge is 0.375 e. The molecule has 0 atom stereocenters. The van der Waals surface area contributed by atoms with Gasteiger partial charge >= 0.3 is 0 Å². The molecule has 0 aliphatic carbocycles. The molecule has 0 bridgehead atoms. The zero-order valence-electron chi connectivity index (χ0n) is 13.2. The third kappa shape index (κ3) is 2.21. The third-order valence-corrected chi connectivity index (χ3v) is 4.83. The van der Waals surface area contributed by atoms with Gasteiger partial charge in [-0.15, -0.1) is 11.3 Å². The molecule has 0 unspecified atom stereocenters. The van der Waals surface area contributed by atoms with E-state index in [1.54, 1.807) is 34.9 Å². The van der Waals surface area contributed by atoms with Crippen LogP contribution in [-0.2, 0) is 7.05 Å².